The van der Waals surface area contributed by atoms with Crippen molar-refractivity contribution in [3.63, 3.8) is 0 Å². The van der Waals surface area contributed by atoms with Gasteiger partial charge < -0.3 is 14.9 Å². The number of nitrogens with one attached hydrogen (secondary N) is 1. The quantitative estimate of drug-likeness (QED) is 0.731. The van der Waals surface area contributed by atoms with Gasteiger partial charge in [0.1, 0.15) is 5.75 Å². The summed E-state index contributed by atoms with van der Waals surface area (Å²) in [6.07, 6.45) is 1.43. The molecule has 2 atom stereocenters. The van der Waals surface area contributed by atoms with E-state index in [1.54, 1.807) is 0 Å². The zero-order chi connectivity index (χ0) is 18.9. The number of aryl methyl sites for hydroxylation is 4. The van der Waals surface area contributed by atoms with Crippen LogP contribution in [0.5, 0.6) is 5.75 Å². The van der Waals surface area contributed by atoms with Gasteiger partial charge >= 0.3 is 0 Å². The third-order valence-electron chi connectivity index (χ3n) is 5.01. The second-order valence-corrected chi connectivity index (χ2v) is 9.90. The number of pyridine rings is 1. The summed E-state index contributed by atoms with van der Waals surface area (Å²) in [6, 6.07) is 7.83. The van der Waals surface area contributed by atoms with Gasteiger partial charge in [-0.3, -0.25) is 9.55 Å². The van der Waals surface area contributed by atoms with Crippen LogP contribution in [0.1, 0.15) is 40.2 Å². The van der Waals surface area contributed by atoms with Crippen molar-refractivity contribution in [1.82, 2.24) is 4.98 Å². The Morgan fingerprint density at radius 2 is 1.92 bits per heavy atom. The second kappa shape index (κ2) is 7.42. The van der Waals surface area contributed by atoms with E-state index in [1.807, 2.05) is 52.0 Å². The molecular formula is C20H27N2O3P. The minimum absolute atomic E-state index is 0.247. The molecule has 0 radical (unpaired) electrons. The van der Waals surface area contributed by atoms with Crippen LogP contribution in [0.25, 0.3) is 0 Å². The topological polar surface area (TPSA) is 71.5 Å². The number of aromatic hydroxyl groups is 1. The SMILES string of the molecule is Cc1ccc(NCC(c2cc(C)c(O)c(C)c2)P2(=O)CCCO2)c(C)n1. The number of anilines is 1. The van der Waals surface area contributed by atoms with Gasteiger partial charge in [-0.05, 0) is 62.9 Å². The zero-order valence-electron chi connectivity index (χ0n) is 15.9. The Labute approximate surface area is 155 Å². The first-order valence-corrected chi connectivity index (χ1v) is 10.9. The van der Waals surface area contributed by atoms with E-state index in [2.05, 4.69) is 10.3 Å². The predicted octanol–water partition coefficient (Wildman–Crippen LogP) is 4.87. The second-order valence-electron chi connectivity index (χ2n) is 7.12. The van der Waals surface area contributed by atoms with Crippen molar-refractivity contribution in [2.75, 3.05) is 24.6 Å². The Morgan fingerprint density at radius 1 is 1.23 bits per heavy atom. The van der Waals surface area contributed by atoms with Crippen LogP contribution in [-0.4, -0.2) is 29.4 Å². The Balaban J connectivity index is 1.93. The number of benzene rings is 1. The first-order valence-electron chi connectivity index (χ1n) is 9.01. The van der Waals surface area contributed by atoms with Crippen LogP contribution in [0.15, 0.2) is 24.3 Å². The highest BCUT2D eigenvalue weighted by molar-refractivity contribution is 7.59. The molecule has 1 saturated heterocycles. The standard InChI is InChI=1S/C20H27N2O3P/c1-13-10-17(11-14(2)20(13)23)19(26(24)9-5-8-25-26)12-21-18-7-6-15(3)22-16(18)4/h6-7,10-11,19,21,23H,5,8-9,12H2,1-4H3. The van der Waals surface area contributed by atoms with Gasteiger partial charge in [0.05, 0.1) is 23.6 Å². The smallest absolute Gasteiger partial charge is 0.212 e. The molecule has 0 spiro atoms. The normalized spacial score (nSPS) is 20.9. The van der Waals surface area contributed by atoms with Crippen molar-refractivity contribution in [1.29, 1.82) is 0 Å². The lowest BCUT2D eigenvalue weighted by Gasteiger charge is -2.26. The summed E-state index contributed by atoms with van der Waals surface area (Å²) in [5.74, 6) is 0.296. The van der Waals surface area contributed by atoms with Crippen LogP contribution in [0.4, 0.5) is 5.69 Å². The average Bonchev–Trinajstić information content (AvgIpc) is 3.02. The molecule has 2 heterocycles. The molecule has 0 aliphatic carbocycles. The van der Waals surface area contributed by atoms with Gasteiger partial charge in [0.2, 0.25) is 7.37 Å². The van der Waals surface area contributed by atoms with Crippen LogP contribution >= 0.6 is 7.37 Å². The molecule has 1 aromatic heterocycles. The Hall–Kier alpha value is -1.84. The highest BCUT2D eigenvalue weighted by atomic mass is 31.2. The number of hydrogen-bond donors (Lipinski definition) is 2. The molecule has 1 fully saturated rings. The summed E-state index contributed by atoms with van der Waals surface area (Å²) >= 11 is 0. The highest BCUT2D eigenvalue weighted by Gasteiger charge is 2.38. The molecule has 0 amide bonds. The highest BCUT2D eigenvalue weighted by Crippen LogP contribution is 2.63. The molecule has 6 heteroatoms. The fourth-order valence-electron chi connectivity index (χ4n) is 3.56. The number of hydrogen-bond acceptors (Lipinski definition) is 5. The van der Waals surface area contributed by atoms with Crippen molar-refractivity contribution in [2.45, 2.75) is 39.8 Å². The molecule has 5 nitrogen and oxygen atoms in total. The van der Waals surface area contributed by atoms with Gasteiger partial charge in [-0.1, -0.05) is 12.1 Å². The number of rotatable bonds is 5. The van der Waals surface area contributed by atoms with Crippen LogP contribution in [-0.2, 0) is 9.09 Å². The van der Waals surface area contributed by atoms with E-state index in [1.165, 1.54) is 0 Å². The summed E-state index contributed by atoms with van der Waals surface area (Å²) in [5, 5.41) is 13.5. The third kappa shape index (κ3) is 3.79. The minimum Gasteiger partial charge on any atom is -0.507 e. The molecule has 2 unspecified atom stereocenters. The maximum atomic E-state index is 13.4. The van der Waals surface area contributed by atoms with E-state index >= 15 is 0 Å². The summed E-state index contributed by atoms with van der Waals surface area (Å²) in [5.41, 5.74) is 5.14. The van der Waals surface area contributed by atoms with Crippen LogP contribution < -0.4 is 5.32 Å². The van der Waals surface area contributed by atoms with Gasteiger partial charge in [-0.25, -0.2) is 0 Å². The number of aromatic nitrogens is 1. The Morgan fingerprint density at radius 3 is 2.50 bits per heavy atom. The van der Waals surface area contributed by atoms with Gasteiger partial charge in [0.15, 0.2) is 0 Å². The predicted molar refractivity (Wildman–Crippen MR) is 106 cm³/mol. The first-order chi connectivity index (χ1) is 12.3. The molecule has 3 rings (SSSR count). The van der Waals surface area contributed by atoms with Crippen molar-refractivity contribution in [3.8, 4) is 5.75 Å². The van der Waals surface area contributed by atoms with E-state index < -0.39 is 7.37 Å². The van der Waals surface area contributed by atoms with E-state index in [4.69, 9.17) is 4.52 Å². The average molecular weight is 374 g/mol. The van der Waals surface area contributed by atoms with Crippen molar-refractivity contribution in [2.24, 2.45) is 0 Å². The van der Waals surface area contributed by atoms with Gasteiger partial charge in [0.25, 0.3) is 0 Å². The fraction of sp³-hybridized carbons (Fsp3) is 0.450. The van der Waals surface area contributed by atoms with E-state index in [-0.39, 0.29) is 5.66 Å². The maximum absolute atomic E-state index is 13.4. The summed E-state index contributed by atoms with van der Waals surface area (Å²) in [6.45, 7) is 8.73. The number of phenols is 1. The lowest BCUT2D eigenvalue weighted by molar-refractivity contribution is 0.344. The van der Waals surface area contributed by atoms with Gasteiger partial charge in [-0.2, -0.15) is 0 Å². The molecule has 1 aliphatic rings. The van der Waals surface area contributed by atoms with Gasteiger partial charge in [-0.15, -0.1) is 0 Å². The fourth-order valence-corrected chi connectivity index (χ4v) is 6.16. The van der Waals surface area contributed by atoms with Crippen molar-refractivity contribution < 1.29 is 14.2 Å². The molecule has 26 heavy (non-hydrogen) atoms. The lowest BCUT2D eigenvalue weighted by Crippen LogP contribution is -2.15. The van der Waals surface area contributed by atoms with Crippen LogP contribution in [0.2, 0.25) is 0 Å². The van der Waals surface area contributed by atoms with Crippen LogP contribution in [0.3, 0.4) is 0 Å². The molecule has 2 N–H and O–H groups in total. The molecule has 0 bridgehead atoms. The molecule has 0 saturated carbocycles. The van der Waals surface area contributed by atoms with E-state index in [9.17, 15) is 9.67 Å². The van der Waals surface area contributed by atoms with E-state index in [0.29, 0.717) is 25.1 Å². The summed E-state index contributed by atoms with van der Waals surface area (Å²) in [7, 11) is -2.78. The molecule has 1 aromatic carbocycles. The molecule has 2 aromatic rings. The van der Waals surface area contributed by atoms with Crippen molar-refractivity contribution >= 4 is 13.1 Å². The summed E-state index contributed by atoms with van der Waals surface area (Å²) < 4.78 is 19.2. The number of phenolic OH excluding ortho intramolecular Hbond substituents is 1. The summed E-state index contributed by atoms with van der Waals surface area (Å²) in [4.78, 5) is 4.48. The van der Waals surface area contributed by atoms with E-state index in [0.717, 1.165) is 40.2 Å². The molecule has 1 aliphatic heterocycles. The van der Waals surface area contributed by atoms with Crippen molar-refractivity contribution in [3.05, 3.63) is 52.3 Å². The third-order valence-corrected chi connectivity index (χ3v) is 8.00. The zero-order valence-corrected chi connectivity index (χ0v) is 16.8. The molecular weight excluding hydrogens is 347 g/mol. The Bertz CT molecular complexity index is 833. The lowest BCUT2D eigenvalue weighted by atomic mass is 10.0. The first kappa shape index (κ1) is 18.9. The van der Waals surface area contributed by atoms with Gasteiger partial charge in [0, 0.05) is 18.4 Å². The minimum atomic E-state index is -2.78. The van der Waals surface area contributed by atoms with Crippen LogP contribution in [0, 0.1) is 27.7 Å². The molecule has 140 valence electrons. The number of nitrogens with zero attached hydrogens (tertiary/aromatic N) is 1. The maximum Gasteiger partial charge on any atom is 0.212 e. The largest absolute Gasteiger partial charge is 0.507 e. The monoisotopic (exact) mass is 374 g/mol. The Kier molecular flexibility index (Phi) is 5.40.